The van der Waals surface area contributed by atoms with Crippen LogP contribution in [-0.2, 0) is 6.42 Å². The third-order valence-corrected chi connectivity index (χ3v) is 2.39. The normalized spacial score (nSPS) is 19.1. The molecule has 0 aromatic heterocycles. The van der Waals surface area contributed by atoms with Crippen molar-refractivity contribution in [3.05, 3.63) is 17.7 Å². The van der Waals surface area contributed by atoms with E-state index in [-0.39, 0.29) is 18.5 Å². The molecule has 0 spiro atoms. The van der Waals surface area contributed by atoms with Gasteiger partial charge in [0.15, 0.2) is 0 Å². The number of fused-ring (bicyclic) bond motifs is 1. The van der Waals surface area contributed by atoms with Gasteiger partial charge in [0.2, 0.25) is 0 Å². The number of phenolic OH excluding ortho intramolecular Hbond substituents is 1. The summed E-state index contributed by atoms with van der Waals surface area (Å²) in [6, 6.07) is 3.11. The lowest BCUT2D eigenvalue weighted by Gasteiger charge is -2.25. The number of ether oxygens (including phenoxy) is 2. The molecule has 0 amide bonds. The molecule has 0 fully saturated rings. The van der Waals surface area contributed by atoms with Crippen molar-refractivity contribution in [3.63, 3.8) is 0 Å². The Morgan fingerprint density at radius 2 is 2.19 bits per heavy atom. The van der Waals surface area contributed by atoms with Crippen LogP contribution in [0.25, 0.3) is 0 Å². The lowest BCUT2D eigenvalue weighted by molar-refractivity contribution is 0.0893. The smallest absolute Gasteiger partial charge is 0.130 e. The molecular formula is C12H16O4. The van der Waals surface area contributed by atoms with Gasteiger partial charge in [-0.05, 0) is 13.8 Å². The zero-order valence-electron chi connectivity index (χ0n) is 9.43. The van der Waals surface area contributed by atoms with E-state index in [1.807, 2.05) is 13.8 Å². The molecule has 1 aromatic carbocycles. The first-order valence-electron chi connectivity index (χ1n) is 5.39. The van der Waals surface area contributed by atoms with Crippen molar-refractivity contribution in [2.24, 2.45) is 0 Å². The molecule has 1 aromatic rings. The summed E-state index contributed by atoms with van der Waals surface area (Å²) in [4.78, 5) is 0. The second-order valence-corrected chi connectivity index (χ2v) is 4.26. The predicted molar refractivity (Wildman–Crippen MR) is 59.1 cm³/mol. The number of hydrogen-bond donors (Lipinski definition) is 2. The number of phenols is 1. The van der Waals surface area contributed by atoms with Crippen LogP contribution in [0, 0.1) is 0 Å². The Bertz CT molecular complexity index is 387. The molecule has 4 heteroatoms. The van der Waals surface area contributed by atoms with E-state index in [0.29, 0.717) is 17.9 Å². The van der Waals surface area contributed by atoms with Crippen molar-refractivity contribution >= 4 is 0 Å². The quantitative estimate of drug-likeness (QED) is 0.798. The van der Waals surface area contributed by atoms with Gasteiger partial charge in [-0.3, -0.25) is 0 Å². The maximum absolute atomic E-state index is 9.54. The fourth-order valence-corrected chi connectivity index (χ4v) is 1.78. The molecule has 0 aliphatic carbocycles. The fourth-order valence-electron chi connectivity index (χ4n) is 1.78. The summed E-state index contributed by atoms with van der Waals surface area (Å²) in [6.07, 6.45) is 0.00836. The van der Waals surface area contributed by atoms with E-state index < -0.39 is 6.10 Å². The van der Waals surface area contributed by atoms with Crippen LogP contribution in [-0.4, -0.2) is 29.0 Å². The average molecular weight is 224 g/mol. The van der Waals surface area contributed by atoms with Gasteiger partial charge in [-0.2, -0.15) is 0 Å². The van der Waals surface area contributed by atoms with Gasteiger partial charge in [-0.25, -0.2) is 0 Å². The van der Waals surface area contributed by atoms with Crippen molar-refractivity contribution in [3.8, 4) is 17.2 Å². The summed E-state index contributed by atoms with van der Waals surface area (Å²) >= 11 is 0. The highest BCUT2D eigenvalue weighted by Gasteiger charge is 2.23. The minimum Gasteiger partial charge on any atom is -0.508 e. The van der Waals surface area contributed by atoms with Gasteiger partial charge in [0.25, 0.3) is 0 Å². The Hall–Kier alpha value is -1.42. The molecule has 1 aliphatic rings. The molecule has 88 valence electrons. The molecule has 4 nitrogen and oxygen atoms in total. The Labute approximate surface area is 94.4 Å². The molecule has 1 aliphatic heterocycles. The Balaban J connectivity index is 2.39. The van der Waals surface area contributed by atoms with Gasteiger partial charge in [0, 0.05) is 24.1 Å². The predicted octanol–water partition coefficient (Wildman–Crippen LogP) is 1.48. The van der Waals surface area contributed by atoms with Crippen molar-refractivity contribution in [2.45, 2.75) is 32.5 Å². The average Bonchev–Trinajstić information content (AvgIpc) is 2.18. The maximum atomic E-state index is 9.54. The lowest BCUT2D eigenvalue weighted by atomic mass is 10.0. The van der Waals surface area contributed by atoms with Crippen LogP contribution in [0.5, 0.6) is 17.2 Å². The largest absolute Gasteiger partial charge is 0.508 e. The van der Waals surface area contributed by atoms with Crippen molar-refractivity contribution < 1.29 is 19.7 Å². The first-order chi connectivity index (χ1) is 7.56. The molecular weight excluding hydrogens is 208 g/mol. The van der Waals surface area contributed by atoms with Crippen LogP contribution in [0.4, 0.5) is 0 Å². The highest BCUT2D eigenvalue weighted by molar-refractivity contribution is 5.51. The van der Waals surface area contributed by atoms with Gasteiger partial charge in [0.1, 0.15) is 23.9 Å². The van der Waals surface area contributed by atoms with Gasteiger partial charge < -0.3 is 19.7 Å². The summed E-state index contributed by atoms with van der Waals surface area (Å²) in [5.41, 5.74) is 0.824. The van der Waals surface area contributed by atoms with Crippen molar-refractivity contribution in [1.82, 2.24) is 0 Å². The van der Waals surface area contributed by atoms with Crippen molar-refractivity contribution in [1.29, 1.82) is 0 Å². The lowest BCUT2D eigenvalue weighted by Crippen LogP contribution is -2.26. The molecule has 1 unspecified atom stereocenters. The number of aromatic hydroxyl groups is 1. The highest BCUT2D eigenvalue weighted by atomic mass is 16.5. The van der Waals surface area contributed by atoms with Crippen molar-refractivity contribution in [2.75, 3.05) is 6.61 Å². The van der Waals surface area contributed by atoms with E-state index in [9.17, 15) is 10.2 Å². The number of benzene rings is 1. The van der Waals surface area contributed by atoms with E-state index in [4.69, 9.17) is 9.47 Å². The molecule has 1 atom stereocenters. The van der Waals surface area contributed by atoms with Crippen LogP contribution in [0.2, 0.25) is 0 Å². The number of aliphatic hydroxyl groups excluding tert-OH is 1. The fraction of sp³-hybridized carbons (Fsp3) is 0.500. The molecule has 0 radical (unpaired) electrons. The molecule has 0 saturated carbocycles. The minimum atomic E-state index is -0.508. The Morgan fingerprint density at radius 1 is 1.44 bits per heavy atom. The molecule has 0 saturated heterocycles. The van der Waals surface area contributed by atoms with Crippen LogP contribution < -0.4 is 9.47 Å². The summed E-state index contributed by atoms with van der Waals surface area (Å²) in [6.45, 7) is 4.09. The highest BCUT2D eigenvalue weighted by Crippen LogP contribution is 2.37. The Kier molecular flexibility index (Phi) is 2.92. The van der Waals surface area contributed by atoms with E-state index in [2.05, 4.69) is 0 Å². The summed E-state index contributed by atoms with van der Waals surface area (Å²) in [5.74, 6) is 1.30. The molecule has 2 N–H and O–H groups in total. The molecule has 0 bridgehead atoms. The summed E-state index contributed by atoms with van der Waals surface area (Å²) < 4.78 is 10.9. The minimum absolute atomic E-state index is 0.0185. The van der Waals surface area contributed by atoms with Gasteiger partial charge in [-0.1, -0.05) is 0 Å². The SMILES string of the molecule is CC(C)Oc1cc(O)cc2c1CC(O)CO2. The van der Waals surface area contributed by atoms with Gasteiger partial charge in [0.05, 0.1) is 12.2 Å². The zero-order valence-corrected chi connectivity index (χ0v) is 9.43. The topological polar surface area (TPSA) is 58.9 Å². The third kappa shape index (κ3) is 2.22. The van der Waals surface area contributed by atoms with E-state index in [0.717, 1.165) is 5.56 Å². The van der Waals surface area contributed by atoms with Crippen LogP contribution in [0.3, 0.4) is 0 Å². The molecule has 2 rings (SSSR count). The second kappa shape index (κ2) is 4.22. The molecule has 16 heavy (non-hydrogen) atoms. The van der Waals surface area contributed by atoms with E-state index in [1.54, 1.807) is 12.1 Å². The summed E-state index contributed by atoms with van der Waals surface area (Å²) in [7, 11) is 0. The summed E-state index contributed by atoms with van der Waals surface area (Å²) in [5, 5.41) is 19.1. The standard InChI is InChI=1S/C12H16O4/c1-7(2)16-12-5-8(13)4-11-10(12)3-9(14)6-15-11/h4-5,7,9,13-14H,3,6H2,1-2H3. The Morgan fingerprint density at radius 3 is 2.88 bits per heavy atom. The van der Waals surface area contributed by atoms with Gasteiger partial charge >= 0.3 is 0 Å². The zero-order chi connectivity index (χ0) is 11.7. The van der Waals surface area contributed by atoms with E-state index >= 15 is 0 Å². The third-order valence-electron chi connectivity index (χ3n) is 2.39. The van der Waals surface area contributed by atoms with Crippen LogP contribution in [0.1, 0.15) is 19.4 Å². The second-order valence-electron chi connectivity index (χ2n) is 4.26. The first kappa shape index (κ1) is 11.1. The van der Waals surface area contributed by atoms with Gasteiger partial charge in [-0.15, -0.1) is 0 Å². The number of aliphatic hydroxyl groups is 1. The molecule has 1 heterocycles. The number of hydrogen-bond acceptors (Lipinski definition) is 4. The van der Waals surface area contributed by atoms with Crippen LogP contribution >= 0.6 is 0 Å². The van der Waals surface area contributed by atoms with E-state index in [1.165, 1.54) is 0 Å². The first-order valence-corrected chi connectivity index (χ1v) is 5.39. The maximum Gasteiger partial charge on any atom is 0.130 e. The van der Waals surface area contributed by atoms with Crippen LogP contribution in [0.15, 0.2) is 12.1 Å². The number of rotatable bonds is 2. The monoisotopic (exact) mass is 224 g/mol.